The highest BCUT2D eigenvalue weighted by Crippen LogP contribution is 2.19. The van der Waals surface area contributed by atoms with Gasteiger partial charge >= 0.3 is 0 Å². The Balaban J connectivity index is 2.02. The Hall–Kier alpha value is -1.93. The summed E-state index contributed by atoms with van der Waals surface area (Å²) in [7, 11) is 0. The molecule has 5 nitrogen and oxygen atoms in total. The van der Waals surface area contributed by atoms with Gasteiger partial charge in [0.25, 0.3) is 0 Å². The lowest BCUT2D eigenvalue weighted by atomic mass is 9.95. The normalized spacial score (nSPS) is 17.1. The maximum Gasteiger partial charge on any atom is 0.242 e. The first-order valence-electron chi connectivity index (χ1n) is 7.12. The molecule has 1 saturated carbocycles. The maximum absolute atomic E-state index is 12.4. The van der Waals surface area contributed by atoms with E-state index < -0.39 is 6.04 Å². The van der Waals surface area contributed by atoms with E-state index in [1.54, 1.807) is 18.5 Å². The van der Waals surface area contributed by atoms with Gasteiger partial charge in [-0.25, -0.2) is 0 Å². The van der Waals surface area contributed by atoms with Gasteiger partial charge in [-0.1, -0.05) is 25.3 Å². The number of carbonyl (C=O) groups is 1. The van der Waals surface area contributed by atoms with Gasteiger partial charge in [0.2, 0.25) is 5.91 Å². The highest BCUT2D eigenvalue weighted by atomic mass is 16.2. The van der Waals surface area contributed by atoms with Crippen LogP contribution in [-0.2, 0) is 4.79 Å². The molecule has 5 heteroatoms. The highest BCUT2D eigenvalue weighted by molar-refractivity contribution is 5.83. The lowest BCUT2D eigenvalue weighted by Gasteiger charge is -2.25. The van der Waals surface area contributed by atoms with E-state index in [9.17, 15) is 4.79 Å². The van der Waals surface area contributed by atoms with E-state index in [2.05, 4.69) is 15.6 Å². The van der Waals surface area contributed by atoms with Crippen molar-refractivity contribution in [3.05, 3.63) is 30.1 Å². The van der Waals surface area contributed by atoms with E-state index in [1.165, 1.54) is 19.3 Å². The van der Waals surface area contributed by atoms with E-state index >= 15 is 0 Å². The first-order chi connectivity index (χ1) is 9.81. The number of hydrogen-bond acceptors (Lipinski definition) is 4. The first-order valence-corrected chi connectivity index (χ1v) is 7.12. The van der Waals surface area contributed by atoms with Gasteiger partial charge in [0.1, 0.15) is 6.04 Å². The van der Waals surface area contributed by atoms with Crippen LogP contribution in [0.15, 0.2) is 24.5 Å². The van der Waals surface area contributed by atoms with Crippen LogP contribution >= 0.6 is 0 Å². The average molecular weight is 272 g/mol. The third kappa shape index (κ3) is 4.04. The summed E-state index contributed by atoms with van der Waals surface area (Å²) < 4.78 is 0. The van der Waals surface area contributed by atoms with Crippen LogP contribution in [0.1, 0.15) is 43.7 Å². The van der Waals surface area contributed by atoms with Crippen LogP contribution in [0.3, 0.4) is 0 Å². The zero-order valence-electron chi connectivity index (χ0n) is 11.5. The van der Waals surface area contributed by atoms with Crippen molar-refractivity contribution in [3.8, 4) is 6.07 Å². The Bertz CT molecular complexity index is 463. The quantitative estimate of drug-likeness (QED) is 0.799. The van der Waals surface area contributed by atoms with Crippen LogP contribution in [0, 0.1) is 11.3 Å². The summed E-state index contributed by atoms with van der Waals surface area (Å²) in [4.78, 5) is 16.4. The number of nitrogens with one attached hydrogen (secondary N) is 2. The Morgan fingerprint density at radius 3 is 2.90 bits per heavy atom. The molecule has 0 aromatic carbocycles. The lowest BCUT2D eigenvalue weighted by molar-refractivity contribution is -0.124. The molecule has 1 aliphatic rings. The predicted octanol–water partition coefficient (Wildman–Crippen LogP) is 1.68. The molecule has 0 spiro atoms. The van der Waals surface area contributed by atoms with Crippen molar-refractivity contribution in [1.82, 2.24) is 15.6 Å². The minimum atomic E-state index is -0.509. The highest BCUT2D eigenvalue weighted by Gasteiger charge is 2.23. The van der Waals surface area contributed by atoms with Gasteiger partial charge in [-0.3, -0.25) is 15.1 Å². The fraction of sp³-hybridized carbons (Fsp3) is 0.533. The molecule has 1 heterocycles. The third-order valence-electron chi connectivity index (χ3n) is 3.62. The molecule has 1 fully saturated rings. The second kappa shape index (κ2) is 7.61. The molecule has 20 heavy (non-hydrogen) atoms. The van der Waals surface area contributed by atoms with Gasteiger partial charge in [-0.2, -0.15) is 5.26 Å². The largest absolute Gasteiger partial charge is 0.352 e. The minimum Gasteiger partial charge on any atom is -0.352 e. The predicted molar refractivity (Wildman–Crippen MR) is 75.6 cm³/mol. The van der Waals surface area contributed by atoms with Crippen molar-refractivity contribution in [3.63, 3.8) is 0 Å². The SMILES string of the molecule is N#CCNC(C(=O)NC1CCCCC1)c1cccnc1. The van der Waals surface area contributed by atoms with Crippen molar-refractivity contribution in [1.29, 1.82) is 5.26 Å². The van der Waals surface area contributed by atoms with E-state index in [-0.39, 0.29) is 18.5 Å². The van der Waals surface area contributed by atoms with Crippen LogP contribution in [0.25, 0.3) is 0 Å². The van der Waals surface area contributed by atoms with Crippen LogP contribution < -0.4 is 10.6 Å². The maximum atomic E-state index is 12.4. The summed E-state index contributed by atoms with van der Waals surface area (Å²) in [5.41, 5.74) is 0.788. The van der Waals surface area contributed by atoms with Crippen LogP contribution in [0.4, 0.5) is 0 Å². The van der Waals surface area contributed by atoms with E-state index in [1.807, 2.05) is 12.1 Å². The average Bonchev–Trinajstić information content (AvgIpc) is 2.50. The molecule has 1 unspecified atom stereocenters. The summed E-state index contributed by atoms with van der Waals surface area (Å²) in [6.45, 7) is 0.137. The Morgan fingerprint density at radius 1 is 1.45 bits per heavy atom. The van der Waals surface area contributed by atoms with E-state index in [4.69, 9.17) is 5.26 Å². The number of amides is 1. The summed E-state index contributed by atoms with van der Waals surface area (Å²) in [6.07, 6.45) is 9.03. The molecule has 106 valence electrons. The van der Waals surface area contributed by atoms with E-state index in [0.29, 0.717) is 0 Å². The van der Waals surface area contributed by atoms with Gasteiger partial charge in [-0.15, -0.1) is 0 Å². The summed E-state index contributed by atoms with van der Waals surface area (Å²) in [5, 5.41) is 14.8. The van der Waals surface area contributed by atoms with Gasteiger partial charge in [0.05, 0.1) is 12.6 Å². The Morgan fingerprint density at radius 2 is 2.25 bits per heavy atom. The van der Waals surface area contributed by atoms with Crippen molar-refractivity contribution >= 4 is 5.91 Å². The number of nitrogens with zero attached hydrogens (tertiary/aromatic N) is 2. The van der Waals surface area contributed by atoms with Crippen molar-refractivity contribution in [2.24, 2.45) is 0 Å². The molecule has 1 aromatic rings. The topological polar surface area (TPSA) is 77.8 Å². The molecule has 0 saturated heterocycles. The first kappa shape index (κ1) is 14.5. The molecule has 2 N–H and O–H groups in total. The smallest absolute Gasteiger partial charge is 0.242 e. The molecule has 1 amide bonds. The Labute approximate surface area is 119 Å². The van der Waals surface area contributed by atoms with E-state index in [0.717, 1.165) is 18.4 Å². The molecule has 1 aromatic heterocycles. The fourth-order valence-corrected chi connectivity index (χ4v) is 2.59. The van der Waals surface area contributed by atoms with Gasteiger partial charge < -0.3 is 5.32 Å². The zero-order chi connectivity index (χ0) is 14.2. The van der Waals surface area contributed by atoms with Gasteiger partial charge in [0, 0.05) is 18.4 Å². The molecular weight excluding hydrogens is 252 g/mol. The fourth-order valence-electron chi connectivity index (χ4n) is 2.59. The number of rotatable bonds is 5. The second-order valence-corrected chi connectivity index (χ2v) is 5.10. The molecule has 1 atom stereocenters. The monoisotopic (exact) mass is 272 g/mol. The molecule has 1 aliphatic carbocycles. The molecule has 2 rings (SSSR count). The minimum absolute atomic E-state index is 0.0693. The number of pyridine rings is 1. The number of aromatic nitrogens is 1. The Kier molecular flexibility index (Phi) is 5.51. The number of nitriles is 1. The summed E-state index contributed by atoms with van der Waals surface area (Å²) in [6, 6.07) is 5.41. The van der Waals surface area contributed by atoms with Gasteiger partial charge in [-0.05, 0) is 24.5 Å². The zero-order valence-corrected chi connectivity index (χ0v) is 11.5. The van der Waals surface area contributed by atoms with Crippen molar-refractivity contribution in [2.45, 2.75) is 44.2 Å². The second-order valence-electron chi connectivity index (χ2n) is 5.10. The van der Waals surface area contributed by atoms with Crippen LogP contribution in [0.2, 0.25) is 0 Å². The molecule has 0 aliphatic heterocycles. The molecule has 0 bridgehead atoms. The third-order valence-corrected chi connectivity index (χ3v) is 3.62. The standard InChI is InChI=1S/C15H20N4O/c16-8-10-18-14(12-5-4-9-17-11-12)15(20)19-13-6-2-1-3-7-13/h4-5,9,11,13-14,18H,1-3,6-7,10H2,(H,19,20). The number of carbonyl (C=O) groups excluding carboxylic acids is 1. The summed E-state index contributed by atoms with van der Waals surface area (Å²) in [5.74, 6) is -0.0693. The van der Waals surface area contributed by atoms with Crippen LogP contribution in [0.5, 0.6) is 0 Å². The van der Waals surface area contributed by atoms with Crippen LogP contribution in [-0.4, -0.2) is 23.5 Å². The summed E-state index contributed by atoms with van der Waals surface area (Å²) >= 11 is 0. The van der Waals surface area contributed by atoms with Crippen molar-refractivity contribution < 1.29 is 4.79 Å². The lowest BCUT2D eigenvalue weighted by Crippen LogP contribution is -2.43. The van der Waals surface area contributed by atoms with Crippen molar-refractivity contribution in [2.75, 3.05) is 6.54 Å². The number of hydrogen-bond donors (Lipinski definition) is 2. The molecular formula is C15H20N4O. The van der Waals surface area contributed by atoms with Gasteiger partial charge in [0.15, 0.2) is 0 Å². The molecule has 0 radical (unpaired) electrons.